The van der Waals surface area contributed by atoms with Crippen molar-refractivity contribution in [2.45, 2.75) is 13.8 Å². The SMILES string of the molecule is C=C(C)C(=O)OCCO[P+](OC)(OC)OCCOC(=O)C(=C)C. The minimum absolute atomic E-state index is 0.00579. The Bertz CT molecular complexity index is 394. The molecule has 0 rings (SSSR count). The van der Waals surface area contributed by atoms with E-state index in [2.05, 4.69) is 13.2 Å². The molecule has 0 fully saturated rings. The van der Waals surface area contributed by atoms with Crippen molar-refractivity contribution in [2.24, 2.45) is 0 Å². The molecule has 9 heteroatoms. The van der Waals surface area contributed by atoms with Crippen molar-refractivity contribution in [3.8, 4) is 0 Å². The fourth-order valence-corrected chi connectivity index (χ4v) is 2.38. The van der Waals surface area contributed by atoms with Gasteiger partial charge in [0.15, 0.2) is 0 Å². The van der Waals surface area contributed by atoms with E-state index in [1.54, 1.807) is 13.8 Å². The van der Waals surface area contributed by atoms with Crippen molar-refractivity contribution >= 4 is 20.1 Å². The predicted octanol–water partition coefficient (Wildman–Crippen LogP) is 2.23. The van der Waals surface area contributed by atoms with Crippen LogP contribution in [-0.4, -0.2) is 52.6 Å². The second-order valence-corrected chi connectivity index (χ2v) is 6.45. The first-order valence-corrected chi connectivity index (χ1v) is 8.19. The maximum Gasteiger partial charge on any atom is 0.574 e. The van der Waals surface area contributed by atoms with Crippen LogP contribution in [0.15, 0.2) is 24.3 Å². The summed E-state index contributed by atoms with van der Waals surface area (Å²) in [6.07, 6.45) is 0. The van der Waals surface area contributed by atoms with Gasteiger partial charge in [-0.25, -0.2) is 9.59 Å². The zero-order chi connectivity index (χ0) is 17.9. The number of ether oxygens (including phenoxy) is 2. The van der Waals surface area contributed by atoms with E-state index in [1.165, 1.54) is 14.2 Å². The molecule has 0 bridgehead atoms. The van der Waals surface area contributed by atoms with E-state index in [-0.39, 0.29) is 26.4 Å². The van der Waals surface area contributed by atoms with Crippen LogP contribution in [0.1, 0.15) is 13.8 Å². The van der Waals surface area contributed by atoms with Gasteiger partial charge in [0.25, 0.3) is 0 Å². The minimum Gasteiger partial charge on any atom is -0.460 e. The standard InChI is InChI=1S/C14H24O8P/c1-11(2)13(15)19-7-9-21-23(17-5,18-6)22-10-8-20-14(16)12(3)4/h1,3,7-10H2,2,4-6H3/q+1. The van der Waals surface area contributed by atoms with E-state index < -0.39 is 20.1 Å². The molecule has 0 aromatic rings. The van der Waals surface area contributed by atoms with Gasteiger partial charge in [0.1, 0.15) is 26.4 Å². The maximum atomic E-state index is 11.2. The molecule has 0 aliphatic rings. The Morgan fingerprint density at radius 1 is 0.783 bits per heavy atom. The van der Waals surface area contributed by atoms with E-state index in [0.717, 1.165) is 0 Å². The number of hydrogen-bond acceptors (Lipinski definition) is 8. The number of hydrogen-bond donors (Lipinski definition) is 0. The van der Waals surface area contributed by atoms with Gasteiger partial charge >= 0.3 is 20.1 Å². The molecule has 8 nitrogen and oxygen atoms in total. The Kier molecular flexibility index (Phi) is 10.6. The second-order valence-electron chi connectivity index (χ2n) is 4.31. The summed E-state index contributed by atoms with van der Waals surface area (Å²) in [6.45, 7) is 10.0. The highest BCUT2D eigenvalue weighted by atomic mass is 31.2. The summed E-state index contributed by atoms with van der Waals surface area (Å²) in [5.41, 5.74) is 0.584. The van der Waals surface area contributed by atoms with Gasteiger partial charge in [-0.15, -0.1) is 9.05 Å². The van der Waals surface area contributed by atoms with Gasteiger partial charge in [-0.3, -0.25) is 0 Å². The Hall–Kier alpha value is -1.31. The second kappa shape index (κ2) is 11.3. The molecule has 0 aromatic heterocycles. The number of esters is 2. The zero-order valence-electron chi connectivity index (χ0n) is 14.0. The fraction of sp³-hybridized carbons (Fsp3) is 0.571. The lowest BCUT2D eigenvalue weighted by Crippen LogP contribution is -2.16. The average Bonchev–Trinajstić information content (AvgIpc) is 2.52. The van der Waals surface area contributed by atoms with Crippen molar-refractivity contribution in [1.29, 1.82) is 0 Å². The third-order valence-electron chi connectivity index (χ3n) is 2.28. The normalized spacial score (nSPS) is 11.0. The van der Waals surface area contributed by atoms with Crippen LogP contribution in [0.2, 0.25) is 0 Å². The summed E-state index contributed by atoms with van der Waals surface area (Å²) >= 11 is 0. The average molecular weight is 351 g/mol. The third kappa shape index (κ3) is 8.78. The first-order valence-electron chi connectivity index (χ1n) is 6.73. The summed E-state index contributed by atoms with van der Waals surface area (Å²) in [7, 11) is -0.336. The van der Waals surface area contributed by atoms with E-state index in [0.29, 0.717) is 11.1 Å². The molecule has 0 saturated heterocycles. The highest BCUT2D eigenvalue weighted by Gasteiger charge is 2.47. The van der Waals surface area contributed by atoms with Gasteiger partial charge in [0, 0.05) is 11.1 Å². The fourth-order valence-electron chi connectivity index (χ4n) is 1.14. The molecule has 0 aliphatic heterocycles. The number of rotatable bonds is 12. The van der Waals surface area contributed by atoms with Crippen molar-refractivity contribution in [1.82, 2.24) is 0 Å². The Morgan fingerprint density at radius 3 is 1.39 bits per heavy atom. The predicted molar refractivity (Wildman–Crippen MR) is 84.4 cm³/mol. The van der Waals surface area contributed by atoms with E-state index in [9.17, 15) is 9.59 Å². The largest absolute Gasteiger partial charge is 0.574 e. The Morgan fingerprint density at radius 2 is 1.13 bits per heavy atom. The highest BCUT2D eigenvalue weighted by Crippen LogP contribution is 2.61. The minimum atomic E-state index is -3.05. The molecule has 0 N–H and O–H groups in total. The van der Waals surface area contributed by atoms with Gasteiger partial charge in [-0.05, 0) is 13.8 Å². The molecular formula is C14H24O8P+. The van der Waals surface area contributed by atoms with Crippen LogP contribution in [-0.2, 0) is 37.2 Å². The van der Waals surface area contributed by atoms with Crippen molar-refractivity contribution in [3.63, 3.8) is 0 Å². The Balaban J connectivity index is 4.19. The molecule has 0 saturated carbocycles. The quantitative estimate of drug-likeness (QED) is 0.229. The van der Waals surface area contributed by atoms with Crippen molar-refractivity contribution < 1.29 is 37.2 Å². The summed E-state index contributed by atoms with van der Waals surface area (Å²) in [5.74, 6) is -1.03. The van der Waals surface area contributed by atoms with Crippen LogP contribution in [0.5, 0.6) is 0 Å². The van der Waals surface area contributed by atoms with Crippen LogP contribution in [0, 0.1) is 0 Å². The van der Waals surface area contributed by atoms with Gasteiger partial charge in [-0.2, -0.15) is 9.05 Å². The molecule has 0 amide bonds. The summed E-state index contributed by atoms with van der Waals surface area (Å²) < 4.78 is 30.8. The third-order valence-corrected chi connectivity index (χ3v) is 4.17. The molecule has 23 heavy (non-hydrogen) atoms. The topological polar surface area (TPSA) is 89.5 Å². The summed E-state index contributed by atoms with van der Waals surface area (Å²) in [4.78, 5) is 22.4. The molecular weight excluding hydrogens is 327 g/mol. The lowest BCUT2D eigenvalue weighted by atomic mass is 10.4. The van der Waals surface area contributed by atoms with Crippen molar-refractivity contribution in [3.05, 3.63) is 24.3 Å². The molecule has 0 aliphatic carbocycles. The molecule has 0 unspecified atom stereocenters. The number of carbonyl (C=O) groups is 2. The molecule has 0 spiro atoms. The van der Waals surface area contributed by atoms with Gasteiger partial charge in [0.2, 0.25) is 0 Å². The molecule has 0 heterocycles. The Labute approximate surface area is 137 Å². The smallest absolute Gasteiger partial charge is 0.460 e. The molecule has 0 radical (unpaired) electrons. The lowest BCUT2D eigenvalue weighted by Gasteiger charge is -2.16. The molecule has 0 atom stereocenters. The van der Waals surface area contributed by atoms with Crippen LogP contribution >= 0.6 is 8.17 Å². The van der Waals surface area contributed by atoms with Crippen LogP contribution in [0.25, 0.3) is 0 Å². The van der Waals surface area contributed by atoms with E-state index in [4.69, 9.17) is 27.6 Å². The molecule has 132 valence electrons. The first-order chi connectivity index (χ1) is 10.8. The van der Waals surface area contributed by atoms with Crippen LogP contribution < -0.4 is 0 Å². The van der Waals surface area contributed by atoms with Gasteiger partial charge < -0.3 is 9.47 Å². The first kappa shape index (κ1) is 21.7. The maximum absolute atomic E-state index is 11.2. The zero-order valence-corrected chi connectivity index (χ0v) is 14.9. The summed E-state index contributed by atoms with van der Waals surface area (Å²) in [5, 5.41) is 0. The monoisotopic (exact) mass is 351 g/mol. The van der Waals surface area contributed by atoms with E-state index in [1.807, 2.05) is 0 Å². The van der Waals surface area contributed by atoms with Gasteiger partial charge in [-0.1, -0.05) is 13.2 Å². The number of carbonyl (C=O) groups excluding carboxylic acids is 2. The summed E-state index contributed by atoms with van der Waals surface area (Å²) in [6, 6.07) is 0. The van der Waals surface area contributed by atoms with Crippen LogP contribution in [0.3, 0.4) is 0 Å². The van der Waals surface area contributed by atoms with Gasteiger partial charge in [0.05, 0.1) is 14.2 Å². The lowest BCUT2D eigenvalue weighted by molar-refractivity contribution is -0.140. The van der Waals surface area contributed by atoms with E-state index >= 15 is 0 Å². The highest BCUT2D eigenvalue weighted by molar-refractivity contribution is 7.56. The molecule has 0 aromatic carbocycles. The van der Waals surface area contributed by atoms with Crippen LogP contribution in [0.4, 0.5) is 0 Å². The van der Waals surface area contributed by atoms with Crippen molar-refractivity contribution in [2.75, 3.05) is 40.6 Å².